The number of hydrogen-bond acceptors (Lipinski definition) is 4. The largest absolute Gasteiger partial charge is 0.379 e. The van der Waals surface area contributed by atoms with Gasteiger partial charge in [0.2, 0.25) is 0 Å². The molecule has 1 aliphatic rings. The molecule has 1 aliphatic heterocycles. The van der Waals surface area contributed by atoms with Crippen LogP contribution in [0.5, 0.6) is 0 Å². The molecule has 3 rings (SSSR count). The fourth-order valence-corrected chi connectivity index (χ4v) is 3.22. The summed E-state index contributed by atoms with van der Waals surface area (Å²) in [5.41, 5.74) is 2.44. The molecule has 7 nitrogen and oxygen atoms in total. The molecule has 2 heterocycles. The molecule has 1 unspecified atom stereocenters. The van der Waals surface area contributed by atoms with Gasteiger partial charge in [-0.2, -0.15) is 0 Å². The zero-order valence-electron chi connectivity index (χ0n) is 17.8. The number of ether oxygens (including phenoxy) is 2. The second kappa shape index (κ2) is 14.4. The molecule has 2 aromatic rings. The molecule has 2 N–H and O–H groups in total. The van der Waals surface area contributed by atoms with Gasteiger partial charge in [-0.15, -0.1) is 24.0 Å². The van der Waals surface area contributed by atoms with Gasteiger partial charge in [-0.3, -0.25) is 0 Å². The van der Waals surface area contributed by atoms with Crippen molar-refractivity contribution in [1.29, 1.82) is 0 Å². The number of aliphatic imine (C=N–C) groups is 1. The number of aromatic nitrogens is 2. The van der Waals surface area contributed by atoms with Crippen LogP contribution in [0.4, 0.5) is 0 Å². The maximum atomic E-state index is 5.71. The van der Waals surface area contributed by atoms with E-state index in [4.69, 9.17) is 9.47 Å². The monoisotopic (exact) mass is 527 g/mol. The van der Waals surface area contributed by atoms with Crippen LogP contribution < -0.4 is 10.6 Å². The molecule has 1 aromatic heterocycles. The van der Waals surface area contributed by atoms with E-state index in [0.29, 0.717) is 19.3 Å². The third-order valence-corrected chi connectivity index (χ3v) is 4.80. The lowest BCUT2D eigenvalue weighted by Gasteiger charge is -2.13. The van der Waals surface area contributed by atoms with Crippen LogP contribution >= 0.6 is 24.0 Å². The second-order valence-corrected chi connectivity index (χ2v) is 7.24. The summed E-state index contributed by atoms with van der Waals surface area (Å²) in [5.74, 6) is 0.842. The predicted octanol–water partition coefficient (Wildman–Crippen LogP) is 3.19. The molecule has 0 radical (unpaired) electrons. The van der Waals surface area contributed by atoms with Crippen LogP contribution in [-0.2, 0) is 22.6 Å². The average molecular weight is 527 g/mol. The second-order valence-electron chi connectivity index (χ2n) is 7.24. The molecular formula is C22H34IN5O2. The van der Waals surface area contributed by atoms with Crippen molar-refractivity contribution in [3.05, 3.63) is 54.1 Å². The van der Waals surface area contributed by atoms with E-state index in [2.05, 4.69) is 56.4 Å². The van der Waals surface area contributed by atoms with Gasteiger partial charge in [-0.25, -0.2) is 9.98 Å². The molecule has 1 atom stereocenters. The molecule has 1 fully saturated rings. The van der Waals surface area contributed by atoms with Gasteiger partial charge in [0, 0.05) is 45.2 Å². The van der Waals surface area contributed by atoms with Crippen LogP contribution in [0.3, 0.4) is 0 Å². The molecule has 30 heavy (non-hydrogen) atoms. The molecule has 0 spiro atoms. The van der Waals surface area contributed by atoms with Crippen LogP contribution in [0, 0.1) is 0 Å². The molecule has 8 heteroatoms. The van der Waals surface area contributed by atoms with Crippen molar-refractivity contribution in [3.8, 4) is 0 Å². The summed E-state index contributed by atoms with van der Waals surface area (Å²) in [4.78, 5) is 8.77. The Morgan fingerprint density at radius 2 is 2.10 bits per heavy atom. The first-order valence-electron chi connectivity index (χ1n) is 10.6. The summed E-state index contributed by atoms with van der Waals surface area (Å²) in [6.07, 6.45) is 9.13. The number of hydrogen-bond donors (Lipinski definition) is 2. The van der Waals surface area contributed by atoms with E-state index in [1.165, 1.54) is 11.1 Å². The standard InChI is InChI=1S/C22H33N5O2.HI/c1-2-24-22(25-10-4-13-28-17-21-5-3-14-29-21)26-15-19-6-8-20(9-7-19)16-27-12-11-23-18-27;/h6-9,11-12,18,21H,2-5,10,13-17H2,1H3,(H2,24,25,26);1H. The van der Waals surface area contributed by atoms with E-state index in [1.54, 1.807) is 6.20 Å². The van der Waals surface area contributed by atoms with E-state index in [-0.39, 0.29) is 24.0 Å². The van der Waals surface area contributed by atoms with Crippen LogP contribution in [0.1, 0.15) is 37.3 Å². The Bertz CT molecular complexity index is 716. The SMILES string of the molecule is CCNC(=NCc1ccc(Cn2ccnc2)cc1)NCCCOCC1CCCO1.I. The molecule has 0 bridgehead atoms. The molecule has 1 aromatic carbocycles. The Morgan fingerprint density at radius 1 is 1.27 bits per heavy atom. The topological polar surface area (TPSA) is 72.7 Å². The third-order valence-electron chi connectivity index (χ3n) is 4.80. The zero-order chi connectivity index (χ0) is 20.2. The van der Waals surface area contributed by atoms with Crippen molar-refractivity contribution in [3.63, 3.8) is 0 Å². The van der Waals surface area contributed by atoms with Crippen LogP contribution in [0.15, 0.2) is 48.0 Å². The molecule has 1 saturated heterocycles. The minimum absolute atomic E-state index is 0. The lowest BCUT2D eigenvalue weighted by atomic mass is 10.1. The Labute approximate surface area is 196 Å². The van der Waals surface area contributed by atoms with Gasteiger partial charge in [0.1, 0.15) is 0 Å². The van der Waals surface area contributed by atoms with Crippen LogP contribution in [0.2, 0.25) is 0 Å². The van der Waals surface area contributed by atoms with Gasteiger partial charge in [0.15, 0.2) is 5.96 Å². The van der Waals surface area contributed by atoms with E-state index in [0.717, 1.165) is 58.1 Å². The minimum Gasteiger partial charge on any atom is -0.379 e. The van der Waals surface area contributed by atoms with Crippen molar-refractivity contribution in [2.45, 2.75) is 45.4 Å². The number of imidazole rings is 1. The van der Waals surface area contributed by atoms with Crippen LogP contribution in [-0.4, -0.2) is 54.5 Å². The summed E-state index contributed by atoms with van der Waals surface area (Å²) >= 11 is 0. The number of guanidine groups is 1. The van der Waals surface area contributed by atoms with Gasteiger partial charge >= 0.3 is 0 Å². The van der Waals surface area contributed by atoms with Crippen molar-refractivity contribution in [1.82, 2.24) is 20.2 Å². The highest BCUT2D eigenvalue weighted by Gasteiger charge is 2.14. The number of nitrogens with zero attached hydrogens (tertiary/aromatic N) is 3. The van der Waals surface area contributed by atoms with Crippen LogP contribution in [0.25, 0.3) is 0 Å². The Morgan fingerprint density at radius 3 is 2.80 bits per heavy atom. The fraction of sp³-hybridized carbons (Fsp3) is 0.545. The Kier molecular flexibility index (Phi) is 11.8. The molecule has 0 aliphatic carbocycles. The normalized spacial score (nSPS) is 16.3. The molecule has 166 valence electrons. The highest BCUT2D eigenvalue weighted by atomic mass is 127. The van der Waals surface area contributed by atoms with Gasteiger partial charge in [0.05, 0.1) is 25.6 Å². The number of benzene rings is 1. The Hall–Kier alpha value is -1.65. The molecular weight excluding hydrogens is 493 g/mol. The number of nitrogens with one attached hydrogen (secondary N) is 2. The first-order valence-corrected chi connectivity index (χ1v) is 10.6. The molecule has 0 saturated carbocycles. The summed E-state index contributed by atoms with van der Waals surface area (Å²) in [6, 6.07) is 8.57. The Balaban J connectivity index is 0.00000320. The van der Waals surface area contributed by atoms with E-state index in [9.17, 15) is 0 Å². The summed E-state index contributed by atoms with van der Waals surface area (Å²) in [5, 5.41) is 6.68. The summed E-state index contributed by atoms with van der Waals surface area (Å²) in [7, 11) is 0. The van der Waals surface area contributed by atoms with E-state index < -0.39 is 0 Å². The van der Waals surface area contributed by atoms with Gasteiger partial charge < -0.3 is 24.7 Å². The fourth-order valence-electron chi connectivity index (χ4n) is 3.22. The maximum Gasteiger partial charge on any atom is 0.191 e. The molecule has 0 amide bonds. The predicted molar refractivity (Wildman–Crippen MR) is 130 cm³/mol. The lowest BCUT2D eigenvalue weighted by molar-refractivity contribution is 0.0168. The summed E-state index contributed by atoms with van der Waals surface area (Å²) in [6.45, 7) is 7.57. The van der Waals surface area contributed by atoms with Gasteiger partial charge in [-0.05, 0) is 37.3 Å². The van der Waals surface area contributed by atoms with Crippen molar-refractivity contribution >= 4 is 29.9 Å². The number of halogens is 1. The lowest BCUT2D eigenvalue weighted by Crippen LogP contribution is -2.38. The van der Waals surface area contributed by atoms with Crippen molar-refractivity contribution in [2.24, 2.45) is 4.99 Å². The maximum absolute atomic E-state index is 5.71. The average Bonchev–Trinajstić information content (AvgIpc) is 3.44. The summed E-state index contributed by atoms with van der Waals surface area (Å²) < 4.78 is 13.3. The number of rotatable bonds is 11. The van der Waals surface area contributed by atoms with Crippen molar-refractivity contribution < 1.29 is 9.47 Å². The minimum atomic E-state index is 0. The zero-order valence-corrected chi connectivity index (χ0v) is 20.1. The smallest absolute Gasteiger partial charge is 0.191 e. The van der Waals surface area contributed by atoms with E-state index in [1.807, 2.05) is 12.5 Å². The third kappa shape index (κ3) is 9.01. The highest BCUT2D eigenvalue weighted by molar-refractivity contribution is 14.0. The van der Waals surface area contributed by atoms with E-state index >= 15 is 0 Å². The van der Waals surface area contributed by atoms with Gasteiger partial charge in [-0.1, -0.05) is 24.3 Å². The highest BCUT2D eigenvalue weighted by Crippen LogP contribution is 2.12. The van der Waals surface area contributed by atoms with Crippen molar-refractivity contribution in [2.75, 3.05) is 32.9 Å². The quantitative estimate of drug-likeness (QED) is 0.203. The first kappa shape index (κ1) is 24.6. The van der Waals surface area contributed by atoms with Gasteiger partial charge in [0.25, 0.3) is 0 Å². The first-order chi connectivity index (χ1) is 14.3.